The Kier molecular flexibility index (Phi) is 7.33. The molecule has 1 aliphatic heterocycles. The van der Waals surface area contributed by atoms with E-state index in [-0.39, 0.29) is 12.2 Å². The van der Waals surface area contributed by atoms with Gasteiger partial charge in [0.15, 0.2) is 0 Å². The topological polar surface area (TPSA) is 86.7 Å². The summed E-state index contributed by atoms with van der Waals surface area (Å²) in [6.07, 6.45) is -2.37. The lowest BCUT2D eigenvalue weighted by atomic mass is 9.69. The van der Waals surface area contributed by atoms with Gasteiger partial charge in [0.25, 0.3) is 0 Å². The van der Waals surface area contributed by atoms with Crippen LogP contribution in [0.3, 0.4) is 0 Å². The lowest BCUT2D eigenvalue weighted by Gasteiger charge is -2.35. The average molecular weight is 506 g/mol. The fourth-order valence-electron chi connectivity index (χ4n) is 5.17. The first kappa shape index (κ1) is 25.7. The molecular weight excluding hydrogens is 480 g/mol. The van der Waals surface area contributed by atoms with Crippen LogP contribution in [0.25, 0.3) is 0 Å². The van der Waals surface area contributed by atoms with Gasteiger partial charge in [-0.25, -0.2) is 4.39 Å². The molecule has 0 unspecified atom stereocenters. The third-order valence-electron chi connectivity index (χ3n) is 7.08. The first-order chi connectivity index (χ1) is 17.0. The van der Waals surface area contributed by atoms with E-state index in [1.165, 1.54) is 0 Å². The molecule has 1 amide bonds. The molecule has 2 fully saturated rings. The monoisotopic (exact) mass is 506 g/mol. The van der Waals surface area contributed by atoms with Crippen LogP contribution in [0.15, 0.2) is 42.5 Å². The molecule has 36 heavy (non-hydrogen) atoms. The summed E-state index contributed by atoms with van der Waals surface area (Å²) in [6.45, 7) is 1.25. The van der Waals surface area contributed by atoms with Crippen LogP contribution in [0.5, 0.6) is 0 Å². The number of rotatable bonds is 5. The van der Waals surface area contributed by atoms with Crippen LogP contribution in [-0.4, -0.2) is 35.9 Å². The molecule has 0 radical (unpaired) electrons. The van der Waals surface area contributed by atoms with Crippen molar-refractivity contribution in [2.75, 3.05) is 23.3 Å². The Labute approximate surface area is 205 Å². The van der Waals surface area contributed by atoms with Crippen LogP contribution < -0.4 is 10.2 Å². The number of Topliss-reactive ketones (excluding diaryl/α,β-unsaturated/α-hetero) is 1. The molecule has 1 saturated heterocycles. The molecule has 2 aliphatic rings. The second kappa shape index (κ2) is 10.3. The molecule has 3 atom stereocenters. The molecule has 192 valence electrons. The Morgan fingerprint density at radius 1 is 1.00 bits per heavy atom. The van der Waals surface area contributed by atoms with Crippen molar-refractivity contribution in [3.8, 4) is 0 Å². The number of piperidine rings is 1. The number of alkyl halides is 3. The molecule has 0 aromatic heterocycles. The summed E-state index contributed by atoms with van der Waals surface area (Å²) in [4.78, 5) is 38.8. The molecule has 1 aliphatic carbocycles. The largest absolute Gasteiger partial charge is 0.481 e. The van der Waals surface area contributed by atoms with Crippen LogP contribution in [-0.2, 0) is 20.6 Å². The van der Waals surface area contributed by atoms with E-state index in [9.17, 15) is 37.1 Å². The van der Waals surface area contributed by atoms with Gasteiger partial charge in [-0.3, -0.25) is 14.4 Å². The molecule has 1 heterocycles. The number of carboxylic acids is 1. The van der Waals surface area contributed by atoms with Gasteiger partial charge in [-0.15, -0.1) is 0 Å². The molecular formula is C26H26F4N2O4. The number of carbonyl (C=O) groups excluding carboxylic acids is 2. The number of amides is 1. The van der Waals surface area contributed by atoms with E-state index in [1.54, 1.807) is 0 Å². The van der Waals surface area contributed by atoms with E-state index < -0.39 is 52.9 Å². The van der Waals surface area contributed by atoms with Gasteiger partial charge in [0, 0.05) is 31.6 Å². The Hall–Kier alpha value is -3.43. The predicted molar refractivity (Wildman–Crippen MR) is 124 cm³/mol. The Bertz CT molecular complexity index is 1140. The average Bonchev–Trinajstić information content (AvgIpc) is 2.84. The van der Waals surface area contributed by atoms with Crippen LogP contribution >= 0.6 is 0 Å². The van der Waals surface area contributed by atoms with Gasteiger partial charge < -0.3 is 15.3 Å². The van der Waals surface area contributed by atoms with Gasteiger partial charge in [-0.1, -0.05) is 18.6 Å². The fourth-order valence-corrected chi connectivity index (χ4v) is 5.17. The number of aliphatic carboxylic acids is 1. The molecule has 6 nitrogen and oxygen atoms in total. The van der Waals surface area contributed by atoms with Crippen molar-refractivity contribution in [2.24, 2.45) is 11.8 Å². The maximum Gasteiger partial charge on any atom is 0.416 e. The summed E-state index contributed by atoms with van der Waals surface area (Å²) < 4.78 is 52.7. The quantitative estimate of drug-likeness (QED) is 0.542. The minimum Gasteiger partial charge on any atom is -0.481 e. The third kappa shape index (κ3) is 5.52. The number of carboxylic acid groups (broad SMARTS) is 1. The van der Waals surface area contributed by atoms with Crippen LogP contribution in [0.4, 0.5) is 28.9 Å². The minimum absolute atomic E-state index is 0.231. The Morgan fingerprint density at radius 3 is 2.25 bits per heavy atom. The van der Waals surface area contributed by atoms with E-state index >= 15 is 0 Å². The van der Waals surface area contributed by atoms with E-state index in [0.29, 0.717) is 50.9 Å². The number of nitrogens with zero attached hydrogens (tertiary/aromatic N) is 1. The highest BCUT2D eigenvalue weighted by atomic mass is 19.4. The number of hydrogen-bond acceptors (Lipinski definition) is 4. The van der Waals surface area contributed by atoms with E-state index in [2.05, 4.69) is 10.2 Å². The number of anilines is 2. The van der Waals surface area contributed by atoms with Gasteiger partial charge in [-0.2, -0.15) is 13.2 Å². The van der Waals surface area contributed by atoms with Crippen molar-refractivity contribution in [2.45, 2.75) is 44.2 Å². The molecule has 2 aromatic carbocycles. The molecule has 10 heteroatoms. The van der Waals surface area contributed by atoms with Gasteiger partial charge in [0.05, 0.1) is 23.1 Å². The molecule has 0 bridgehead atoms. The third-order valence-corrected chi connectivity index (χ3v) is 7.08. The number of nitrogens with one attached hydrogen (secondary N) is 1. The van der Waals surface area contributed by atoms with Crippen molar-refractivity contribution >= 4 is 29.0 Å². The first-order valence-corrected chi connectivity index (χ1v) is 11.8. The predicted octanol–water partition coefficient (Wildman–Crippen LogP) is 5.24. The molecule has 4 rings (SSSR count). The lowest BCUT2D eigenvalue weighted by molar-refractivity contribution is -0.148. The van der Waals surface area contributed by atoms with Crippen molar-refractivity contribution < 1.29 is 37.1 Å². The van der Waals surface area contributed by atoms with Gasteiger partial charge in [0.1, 0.15) is 11.6 Å². The van der Waals surface area contributed by atoms with Crippen LogP contribution in [0.1, 0.15) is 49.1 Å². The van der Waals surface area contributed by atoms with Crippen LogP contribution in [0, 0.1) is 17.7 Å². The second-order valence-corrected chi connectivity index (χ2v) is 9.31. The zero-order valence-corrected chi connectivity index (χ0v) is 19.4. The van der Waals surface area contributed by atoms with Crippen LogP contribution in [0.2, 0.25) is 0 Å². The van der Waals surface area contributed by atoms with E-state index in [4.69, 9.17) is 0 Å². The summed E-state index contributed by atoms with van der Waals surface area (Å²) in [5, 5.41) is 12.3. The normalized spacial score (nSPS) is 22.8. The summed E-state index contributed by atoms with van der Waals surface area (Å²) in [6, 6.07) is 9.23. The summed E-state index contributed by atoms with van der Waals surface area (Å²) in [7, 11) is 0. The summed E-state index contributed by atoms with van der Waals surface area (Å²) in [5.41, 5.74) is 0.0841. The minimum atomic E-state index is -4.73. The highest BCUT2D eigenvalue weighted by Gasteiger charge is 2.43. The SMILES string of the molecule is O=C1CCN(c2ccc([C@H]3CCC[C@@H](C(=O)Nc4ccc(C(F)(F)F)cc4F)[C@@H]3C(=O)O)cc2)CC1. The number of halogens is 4. The zero-order valence-electron chi connectivity index (χ0n) is 19.4. The van der Waals surface area contributed by atoms with Gasteiger partial charge in [-0.05, 0) is 54.7 Å². The van der Waals surface area contributed by atoms with Crippen molar-refractivity contribution in [1.82, 2.24) is 0 Å². The molecule has 2 aromatic rings. The summed E-state index contributed by atoms with van der Waals surface area (Å²) >= 11 is 0. The molecule has 2 N–H and O–H groups in total. The maximum absolute atomic E-state index is 14.3. The van der Waals surface area contributed by atoms with E-state index in [1.807, 2.05) is 24.3 Å². The smallest absolute Gasteiger partial charge is 0.416 e. The second-order valence-electron chi connectivity index (χ2n) is 9.31. The molecule has 1 saturated carbocycles. The fraction of sp³-hybridized carbons (Fsp3) is 0.423. The first-order valence-electron chi connectivity index (χ1n) is 11.8. The number of hydrogen-bond donors (Lipinski definition) is 2. The maximum atomic E-state index is 14.3. The molecule has 0 spiro atoms. The number of benzene rings is 2. The highest BCUT2D eigenvalue weighted by Crippen LogP contribution is 2.43. The Balaban J connectivity index is 1.51. The van der Waals surface area contributed by atoms with Crippen molar-refractivity contribution in [3.05, 3.63) is 59.4 Å². The van der Waals surface area contributed by atoms with Crippen molar-refractivity contribution in [3.63, 3.8) is 0 Å². The number of carbonyl (C=O) groups is 3. The summed E-state index contributed by atoms with van der Waals surface area (Å²) in [5.74, 6) is -5.42. The lowest BCUT2D eigenvalue weighted by Crippen LogP contribution is -2.40. The van der Waals surface area contributed by atoms with Crippen molar-refractivity contribution in [1.29, 1.82) is 0 Å². The zero-order chi connectivity index (χ0) is 26.0. The Morgan fingerprint density at radius 2 is 1.67 bits per heavy atom. The van der Waals surface area contributed by atoms with Gasteiger partial charge in [0.2, 0.25) is 5.91 Å². The number of ketones is 1. The van der Waals surface area contributed by atoms with Gasteiger partial charge >= 0.3 is 12.1 Å². The standard InChI is InChI=1S/C26H26F4N2O4/c27-21-14-16(26(28,29)30)6-9-22(21)31-24(34)20-3-1-2-19(23(20)25(35)36)15-4-7-17(8-5-15)32-12-10-18(33)11-13-32/h4-9,14,19-20,23H,1-3,10-13H2,(H,31,34)(H,35,36)/t19-,20-,23-/m1/s1. The van der Waals surface area contributed by atoms with E-state index in [0.717, 1.165) is 17.3 Å². The highest BCUT2D eigenvalue weighted by molar-refractivity contribution is 5.95.